The summed E-state index contributed by atoms with van der Waals surface area (Å²) in [6, 6.07) is 18.2. The summed E-state index contributed by atoms with van der Waals surface area (Å²) in [5.74, 6) is 0.578. The molecule has 102 valence electrons. The molecule has 0 fully saturated rings. The molecule has 2 aliphatic heterocycles. The van der Waals surface area contributed by atoms with Crippen LogP contribution in [0.15, 0.2) is 48.5 Å². The zero-order valence-corrected chi connectivity index (χ0v) is 11.6. The molecule has 2 heteroatoms. The fourth-order valence-corrected chi connectivity index (χ4v) is 3.74. The monoisotopic (exact) mass is 264 g/mol. The molecule has 2 unspecified atom stereocenters. The highest BCUT2D eigenvalue weighted by molar-refractivity contribution is 5.56. The van der Waals surface area contributed by atoms with Crippen molar-refractivity contribution in [2.75, 3.05) is 18.4 Å². The topological polar surface area (TPSA) is 24.1 Å². The molecular formula is C18H20N2. The van der Waals surface area contributed by atoms with Gasteiger partial charge in [0.1, 0.15) is 0 Å². The Bertz CT molecular complexity index is 565. The first-order valence-electron chi connectivity index (χ1n) is 7.57. The summed E-state index contributed by atoms with van der Waals surface area (Å²) in [6.45, 7) is 2.16. The third-order valence-corrected chi connectivity index (χ3v) is 4.68. The zero-order chi connectivity index (χ0) is 13.4. The molecule has 4 rings (SSSR count). The summed E-state index contributed by atoms with van der Waals surface area (Å²) in [4.78, 5) is 0. The van der Waals surface area contributed by atoms with E-state index in [1.165, 1.54) is 28.8 Å². The first-order chi connectivity index (χ1) is 9.93. The highest BCUT2D eigenvalue weighted by Gasteiger charge is 2.31. The summed E-state index contributed by atoms with van der Waals surface area (Å²) in [5, 5.41) is 7.29. The number of fused-ring (bicyclic) bond motifs is 2. The highest BCUT2D eigenvalue weighted by Crippen LogP contribution is 2.41. The normalized spacial score (nSPS) is 24.4. The molecule has 0 bridgehead atoms. The maximum atomic E-state index is 3.76. The summed E-state index contributed by atoms with van der Waals surface area (Å²) in [5.41, 5.74) is 5.80. The highest BCUT2D eigenvalue weighted by atomic mass is 15.0. The van der Waals surface area contributed by atoms with E-state index in [0.717, 1.165) is 19.5 Å². The van der Waals surface area contributed by atoms with Gasteiger partial charge in [-0.3, -0.25) is 0 Å². The average molecular weight is 264 g/mol. The van der Waals surface area contributed by atoms with Gasteiger partial charge in [0.25, 0.3) is 0 Å². The Morgan fingerprint density at radius 2 is 1.65 bits per heavy atom. The van der Waals surface area contributed by atoms with Crippen LogP contribution in [0.1, 0.15) is 35.1 Å². The molecule has 0 radical (unpaired) electrons. The lowest BCUT2D eigenvalue weighted by molar-refractivity contribution is 0.409. The van der Waals surface area contributed by atoms with E-state index in [4.69, 9.17) is 0 Å². The zero-order valence-electron chi connectivity index (χ0n) is 11.6. The third kappa shape index (κ3) is 1.92. The van der Waals surface area contributed by atoms with E-state index < -0.39 is 0 Å². The van der Waals surface area contributed by atoms with Crippen molar-refractivity contribution in [3.05, 3.63) is 65.2 Å². The van der Waals surface area contributed by atoms with Crippen molar-refractivity contribution in [3.63, 3.8) is 0 Å². The minimum absolute atomic E-state index is 0.461. The molecule has 0 amide bonds. The predicted octanol–water partition coefficient (Wildman–Crippen LogP) is 3.47. The van der Waals surface area contributed by atoms with Gasteiger partial charge in [-0.05, 0) is 42.1 Å². The Balaban J connectivity index is 1.77. The average Bonchev–Trinajstić information content (AvgIpc) is 2.54. The largest absolute Gasteiger partial charge is 0.385 e. The second kappa shape index (κ2) is 4.95. The Morgan fingerprint density at radius 1 is 0.850 bits per heavy atom. The number of rotatable bonds is 1. The lowest BCUT2D eigenvalue weighted by Crippen LogP contribution is -2.36. The third-order valence-electron chi connectivity index (χ3n) is 4.68. The van der Waals surface area contributed by atoms with Crippen molar-refractivity contribution in [1.29, 1.82) is 0 Å². The van der Waals surface area contributed by atoms with Crippen molar-refractivity contribution < 1.29 is 0 Å². The molecule has 0 saturated carbocycles. The Hall–Kier alpha value is -1.80. The Morgan fingerprint density at radius 3 is 2.60 bits per heavy atom. The summed E-state index contributed by atoms with van der Waals surface area (Å²) in [6.07, 6.45) is 2.35. The quantitative estimate of drug-likeness (QED) is 0.824. The standard InChI is InChI=1S/C18H20N2/c1-2-6-14-13(5-1)9-11-20-18(14)16-10-12-19-17-8-4-3-7-15(16)17/h1-8,16,18-20H,9-12H2. The summed E-state index contributed by atoms with van der Waals surface area (Å²) < 4.78 is 0. The Kier molecular flexibility index (Phi) is 2.96. The van der Waals surface area contributed by atoms with Gasteiger partial charge in [-0.2, -0.15) is 0 Å². The van der Waals surface area contributed by atoms with E-state index in [9.17, 15) is 0 Å². The molecule has 0 saturated heterocycles. The predicted molar refractivity (Wildman–Crippen MR) is 83.2 cm³/mol. The fraction of sp³-hybridized carbons (Fsp3) is 0.333. The van der Waals surface area contributed by atoms with Crippen LogP contribution in [0.4, 0.5) is 5.69 Å². The lowest BCUT2D eigenvalue weighted by Gasteiger charge is -2.37. The van der Waals surface area contributed by atoms with Crippen molar-refractivity contribution in [1.82, 2.24) is 5.32 Å². The molecule has 2 aliphatic rings. The van der Waals surface area contributed by atoms with E-state index in [-0.39, 0.29) is 0 Å². The van der Waals surface area contributed by atoms with Gasteiger partial charge in [0.05, 0.1) is 0 Å². The van der Waals surface area contributed by atoms with Gasteiger partial charge >= 0.3 is 0 Å². The van der Waals surface area contributed by atoms with Gasteiger partial charge in [-0.1, -0.05) is 42.5 Å². The summed E-state index contributed by atoms with van der Waals surface area (Å²) >= 11 is 0. The lowest BCUT2D eigenvalue weighted by atomic mass is 9.79. The smallest absolute Gasteiger partial charge is 0.0393 e. The molecule has 20 heavy (non-hydrogen) atoms. The first kappa shape index (κ1) is 12.0. The minimum atomic E-state index is 0.461. The SMILES string of the molecule is c1ccc2c(c1)CCNC2C1CCNc2ccccc21. The van der Waals surface area contributed by atoms with E-state index >= 15 is 0 Å². The molecule has 2 aromatic carbocycles. The van der Waals surface area contributed by atoms with Gasteiger partial charge in [0.15, 0.2) is 0 Å². The van der Waals surface area contributed by atoms with Gasteiger partial charge in [0.2, 0.25) is 0 Å². The molecule has 2 heterocycles. The van der Waals surface area contributed by atoms with E-state index in [0.29, 0.717) is 12.0 Å². The second-order valence-corrected chi connectivity index (χ2v) is 5.79. The van der Waals surface area contributed by atoms with Crippen molar-refractivity contribution in [2.24, 2.45) is 0 Å². The Labute approximate surface area is 120 Å². The van der Waals surface area contributed by atoms with Crippen LogP contribution >= 0.6 is 0 Å². The number of hydrogen-bond donors (Lipinski definition) is 2. The number of benzene rings is 2. The molecule has 0 aromatic heterocycles. The van der Waals surface area contributed by atoms with Crippen LogP contribution in [0.2, 0.25) is 0 Å². The van der Waals surface area contributed by atoms with Crippen LogP contribution in [0.3, 0.4) is 0 Å². The number of anilines is 1. The van der Waals surface area contributed by atoms with Gasteiger partial charge in [-0.25, -0.2) is 0 Å². The van der Waals surface area contributed by atoms with Crippen LogP contribution in [-0.2, 0) is 6.42 Å². The van der Waals surface area contributed by atoms with Crippen LogP contribution < -0.4 is 10.6 Å². The molecule has 2 aromatic rings. The molecule has 0 spiro atoms. The van der Waals surface area contributed by atoms with Crippen molar-refractivity contribution >= 4 is 5.69 Å². The van der Waals surface area contributed by atoms with Crippen LogP contribution in [0.25, 0.3) is 0 Å². The van der Waals surface area contributed by atoms with Gasteiger partial charge in [0, 0.05) is 24.2 Å². The van der Waals surface area contributed by atoms with Gasteiger partial charge in [-0.15, -0.1) is 0 Å². The first-order valence-corrected chi connectivity index (χ1v) is 7.57. The molecule has 0 aliphatic carbocycles. The molecule has 2 N–H and O–H groups in total. The minimum Gasteiger partial charge on any atom is -0.385 e. The maximum Gasteiger partial charge on any atom is 0.0393 e. The van der Waals surface area contributed by atoms with Crippen molar-refractivity contribution in [3.8, 4) is 0 Å². The van der Waals surface area contributed by atoms with Crippen molar-refractivity contribution in [2.45, 2.75) is 24.8 Å². The van der Waals surface area contributed by atoms with E-state index in [1.807, 2.05) is 0 Å². The molecule has 2 atom stereocenters. The van der Waals surface area contributed by atoms with Crippen LogP contribution in [-0.4, -0.2) is 13.1 Å². The number of para-hydroxylation sites is 1. The second-order valence-electron chi connectivity index (χ2n) is 5.79. The van der Waals surface area contributed by atoms with E-state index in [2.05, 4.69) is 59.2 Å². The number of hydrogen-bond acceptors (Lipinski definition) is 2. The van der Waals surface area contributed by atoms with E-state index in [1.54, 1.807) is 0 Å². The van der Waals surface area contributed by atoms with Crippen LogP contribution in [0, 0.1) is 0 Å². The van der Waals surface area contributed by atoms with Gasteiger partial charge < -0.3 is 10.6 Å². The maximum absolute atomic E-state index is 3.76. The number of nitrogens with one attached hydrogen (secondary N) is 2. The fourth-order valence-electron chi connectivity index (χ4n) is 3.74. The molecule has 2 nitrogen and oxygen atoms in total. The van der Waals surface area contributed by atoms with Crippen LogP contribution in [0.5, 0.6) is 0 Å². The molecular weight excluding hydrogens is 244 g/mol. The summed E-state index contributed by atoms with van der Waals surface area (Å²) in [7, 11) is 0.